The van der Waals surface area contributed by atoms with Gasteiger partial charge in [-0.1, -0.05) is 42.7 Å². The summed E-state index contributed by atoms with van der Waals surface area (Å²) in [4.78, 5) is 19.4. The predicted molar refractivity (Wildman–Crippen MR) is 106 cm³/mol. The Bertz CT molecular complexity index is 619. The van der Waals surface area contributed by atoms with E-state index in [2.05, 4.69) is 53.6 Å². The molecule has 5 heteroatoms. The standard InChI is InChI=1S/C21H32N4O/c1-3-22-21(23-14-17-10-8-16(2)9-11-17)24-19-12-13-25(15-19)20(26)18-6-4-5-7-18/h8-11,18-19H,3-7,12-15H2,1-2H3,(H2,22,23,24). The SMILES string of the molecule is CCNC(=NCc1ccc(C)cc1)NC1CCN(C(=O)C2CCCC2)C1. The van der Waals surface area contributed by atoms with Crippen LogP contribution in [0.1, 0.15) is 50.2 Å². The molecule has 0 bridgehead atoms. The highest BCUT2D eigenvalue weighted by atomic mass is 16.2. The molecule has 26 heavy (non-hydrogen) atoms. The second kappa shape index (κ2) is 9.06. The first kappa shape index (κ1) is 18.7. The van der Waals surface area contributed by atoms with Gasteiger partial charge in [0.15, 0.2) is 5.96 Å². The van der Waals surface area contributed by atoms with Crippen LogP contribution in [0.3, 0.4) is 0 Å². The number of carbonyl (C=O) groups is 1. The molecule has 0 radical (unpaired) electrons. The van der Waals surface area contributed by atoms with E-state index in [1.807, 2.05) is 0 Å². The molecule has 0 spiro atoms. The molecule has 0 aromatic heterocycles. The van der Waals surface area contributed by atoms with Crippen LogP contribution in [0.4, 0.5) is 0 Å². The van der Waals surface area contributed by atoms with Crippen molar-refractivity contribution in [1.82, 2.24) is 15.5 Å². The molecule has 1 aromatic rings. The van der Waals surface area contributed by atoms with Gasteiger partial charge in [0.2, 0.25) is 5.91 Å². The third-order valence-corrected chi connectivity index (χ3v) is 5.43. The fourth-order valence-corrected chi connectivity index (χ4v) is 3.89. The lowest BCUT2D eigenvalue weighted by Gasteiger charge is -2.21. The number of nitrogens with one attached hydrogen (secondary N) is 2. The largest absolute Gasteiger partial charge is 0.357 e. The summed E-state index contributed by atoms with van der Waals surface area (Å²) in [6, 6.07) is 8.78. The molecule has 2 N–H and O–H groups in total. The van der Waals surface area contributed by atoms with E-state index in [4.69, 9.17) is 4.99 Å². The van der Waals surface area contributed by atoms with Gasteiger partial charge in [0, 0.05) is 31.6 Å². The number of guanidine groups is 1. The Labute approximate surface area is 157 Å². The molecule has 2 fully saturated rings. The molecule has 1 saturated carbocycles. The maximum atomic E-state index is 12.6. The molecule has 1 aromatic carbocycles. The van der Waals surface area contributed by atoms with E-state index >= 15 is 0 Å². The maximum absolute atomic E-state index is 12.6. The van der Waals surface area contributed by atoms with Crippen LogP contribution in [0, 0.1) is 12.8 Å². The summed E-state index contributed by atoms with van der Waals surface area (Å²) in [5.41, 5.74) is 2.47. The fraction of sp³-hybridized carbons (Fsp3) is 0.619. The van der Waals surface area contributed by atoms with Crippen molar-refractivity contribution in [3.05, 3.63) is 35.4 Å². The summed E-state index contributed by atoms with van der Waals surface area (Å²) in [5.74, 6) is 1.49. The Morgan fingerprint density at radius 1 is 1.19 bits per heavy atom. The van der Waals surface area contributed by atoms with Crippen LogP contribution in [0.15, 0.2) is 29.3 Å². The quantitative estimate of drug-likeness (QED) is 0.630. The van der Waals surface area contributed by atoms with Gasteiger partial charge in [-0.25, -0.2) is 4.99 Å². The van der Waals surface area contributed by atoms with Crippen LogP contribution in [0.5, 0.6) is 0 Å². The summed E-state index contributed by atoms with van der Waals surface area (Å²) in [6.07, 6.45) is 5.57. The normalized spacial score (nSPS) is 21.2. The lowest BCUT2D eigenvalue weighted by Crippen LogP contribution is -2.45. The van der Waals surface area contributed by atoms with Crippen LogP contribution >= 0.6 is 0 Å². The van der Waals surface area contributed by atoms with Gasteiger partial charge < -0.3 is 15.5 Å². The molecule has 142 valence electrons. The van der Waals surface area contributed by atoms with Crippen molar-refractivity contribution < 1.29 is 4.79 Å². The molecular formula is C21H32N4O. The van der Waals surface area contributed by atoms with Crippen LogP contribution < -0.4 is 10.6 Å². The number of aliphatic imine (C=N–C) groups is 1. The fourth-order valence-electron chi connectivity index (χ4n) is 3.89. The zero-order valence-corrected chi connectivity index (χ0v) is 16.1. The van der Waals surface area contributed by atoms with E-state index in [-0.39, 0.29) is 12.0 Å². The van der Waals surface area contributed by atoms with E-state index in [9.17, 15) is 4.79 Å². The minimum absolute atomic E-state index is 0.275. The van der Waals surface area contributed by atoms with Gasteiger partial charge in [0.25, 0.3) is 0 Å². The number of benzene rings is 1. The second-order valence-corrected chi connectivity index (χ2v) is 7.58. The van der Waals surface area contributed by atoms with Gasteiger partial charge in [-0.2, -0.15) is 0 Å². The molecule has 1 aliphatic heterocycles. The number of hydrogen-bond acceptors (Lipinski definition) is 2. The smallest absolute Gasteiger partial charge is 0.225 e. The van der Waals surface area contributed by atoms with Crippen LogP contribution in [0.25, 0.3) is 0 Å². The summed E-state index contributed by atoms with van der Waals surface area (Å²) >= 11 is 0. The highest BCUT2D eigenvalue weighted by Crippen LogP contribution is 2.27. The van der Waals surface area contributed by atoms with Crippen molar-refractivity contribution in [2.45, 2.75) is 58.5 Å². The van der Waals surface area contributed by atoms with E-state index in [0.29, 0.717) is 12.5 Å². The van der Waals surface area contributed by atoms with Gasteiger partial charge in [-0.05, 0) is 38.7 Å². The first-order valence-electron chi connectivity index (χ1n) is 10.0. The maximum Gasteiger partial charge on any atom is 0.225 e. The number of rotatable bonds is 5. The average molecular weight is 357 g/mol. The van der Waals surface area contributed by atoms with Crippen molar-refractivity contribution in [3.8, 4) is 0 Å². The lowest BCUT2D eigenvalue weighted by atomic mass is 10.1. The number of aryl methyl sites for hydroxylation is 1. The van der Waals surface area contributed by atoms with Gasteiger partial charge >= 0.3 is 0 Å². The van der Waals surface area contributed by atoms with Crippen molar-refractivity contribution >= 4 is 11.9 Å². The molecule has 1 amide bonds. The first-order chi connectivity index (χ1) is 12.7. The van der Waals surface area contributed by atoms with Gasteiger partial charge in [0.1, 0.15) is 0 Å². The first-order valence-corrected chi connectivity index (χ1v) is 10.0. The van der Waals surface area contributed by atoms with Crippen LogP contribution in [0.2, 0.25) is 0 Å². The van der Waals surface area contributed by atoms with Crippen molar-refractivity contribution in [2.75, 3.05) is 19.6 Å². The topological polar surface area (TPSA) is 56.7 Å². The third kappa shape index (κ3) is 4.99. The summed E-state index contributed by atoms with van der Waals surface area (Å²) in [6.45, 7) is 7.32. The predicted octanol–water partition coefficient (Wildman–Crippen LogP) is 2.84. The molecule has 2 aliphatic rings. The van der Waals surface area contributed by atoms with Crippen molar-refractivity contribution in [2.24, 2.45) is 10.9 Å². The monoisotopic (exact) mass is 356 g/mol. The number of hydrogen-bond donors (Lipinski definition) is 2. The number of amides is 1. The summed E-state index contributed by atoms with van der Waals surface area (Å²) in [5, 5.41) is 6.84. The van der Waals surface area contributed by atoms with E-state index in [1.165, 1.54) is 24.0 Å². The Hall–Kier alpha value is -2.04. The minimum Gasteiger partial charge on any atom is -0.357 e. The molecule has 1 aliphatic carbocycles. The van der Waals surface area contributed by atoms with Gasteiger partial charge in [-0.15, -0.1) is 0 Å². The highest BCUT2D eigenvalue weighted by molar-refractivity contribution is 5.81. The zero-order valence-electron chi connectivity index (χ0n) is 16.1. The number of likely N-dealkylation sites (tertiary alicyclic amines) is 1. The van der Waals surface area contributed by atoms with E-state index in [1.54, 1.807) is 0 Å². The number of carbonyl (C=O) groups excluding carboxylic acids is 1. The Kier molecular flexibility index (Phi) is 6.53. The van der Waals surface area contributed by atoms with Gasteiger partial charge in [0.05, 0.1) is 6.54 Å². The summed E-state index contributed by atoms with van der Waals surface area (Å²) in [7, 11) is 0. The molecule has 3 rings (SSSR count). The average Bonchev–Trinajstić information content (AvgIpc) is 3.33. The molecular weight excluding hydrogens is 324 g/mol. The molecule has 1 atom stereocenters. The Balaban J connectivity index is 1.53. The molecule has 1 saturated heterocycles. The van der Waals surface area contributed by atoms with Crippen LogP contribution in [-0.2, 0) is 11.3 Å². The molecule has 5 nitrogen and oxygen atoms in total. The van der Waals surface area contributed by atoms with E-state index in [0.717, 1.165) is 44.9 Å². The van der Waals surface area contributed by atoms with E-state index < -0.39 is 0 Å². The minimum atomic E-state index is 0.275. The van der Waals surface area contributed by atoms with Crippen molar-refractivity contribution in [1.29, 1.82) is 0 Å². The Morgan fingerprint density at radius 3 is 2.62 bits per heavy atom. The lowest BCUT2D eigenvalue weighted by molar-refractivity contribution is -0.134. The van der Waals surface area contributed by atoms with Crippen molar-refractivity contribution in [3.63, 3.8) is 0 Å². The van der Waals surface area contributed by atoms with Crippen LogP contribution in [-0.4, -0.2) is 42.4 Å². The Morgan fingerprint density at radius 2 is 1.92 bits per heavy atom. The molecule has 1 unspecified atom stereocenters. The number of nitrogens with zero attached hydrogens (tertiary/aromatic N) is 2. The second-order valence-electron chi connectivity index (χ2n) is 7.58. The van der Waals surface area contributed by atoms with Gasteiger partial charge in [-0.3, -0.25) is 4.79 Å². The summed E-state index contributed by atoms with van der Waals surface area (Å²) < 4.78 is 0. The third-order valence-electron chi connectivity index (χ3n) is 5.43. The highest BCUT2D eigenvalue weighted by Gasteiger charge is 2.32. The molecule has 1 heterocycles. The zero-order chi connectivity index (χ0) is 18.4.